The average molecular weight is 327 g/mol. The van der Waals surface area contributed by atoms with Gasteiger partial charge in [-0.05, 0) is 13.6 Å². The van der Waals surface area contributed by atoms with E-state index >= 15 is 0 Å². The van der Waals surface area contributed by atoms with Crippen molar-refractivity contribution in [3.8, 4) is 11.4 Å². The van der Waals surface area contributed by atoms with E-state index in [0.717, 1.165) is 50.8 Å². The molecule has 1 N–H and O–H groups in total. The molecule has 1 aromatic carbocycles. The molecular weight excluding hydrogens is 298 g/mol. The van der Waals surface area contributed by atoms with E-state index in [1.807, 2.05) is 13.1 Å². The molecule has 24 heavy (non-hydrogen) atoms. The van der Waals surface area contributed by atoms with E-state index < -0.39 is 0 Å². The summed E-state index contributed by atoms with van der Waals surface area (Å²) in [6, 6.07) is 10.8. The molecule has 1 unspecified atom stereocenters. The van der Waals surface area contributed by atoms with Gasteiger partial charge in [-0.3, -0.25) is 4.90 Å². The number of hydrogen-bond acceptors (Lipinski definition) is 4. The number of hydrogen-bond donors (Lipinski definition) is 1. The van der Waals surface area contributed by atoms with Crippen LogP contribution in [0.5, 0.6) is 0 Å². The maximum absolute atomic E-state index is 4.98. The Morgan fingerprint density at radius 3 is 2.46 bits per heavy atom. The number of imidazole rings is 1. The van der Waals surface area contributed by atoms with Gasteiger partial charge in [0.25, 0.3) is 0 Å². The van der Waals surface area contributed by atoms with Crippen LogP contribution in [-0.2, 0) is 7.05 Å². The highest BCUT2D eigenvalue weighted by Crippen LogP contribution is 2.25. The fourth-order valence-electron chi connectivity index (χ4n) is 3.51. The van der Waals surface area contributed by atoms with E-state index in [9.17, 15) is 0 Å². The number of aromatic nitrogens is 2. The third kappa shape index (κ3) is 3.69. The highest BCUT2D eigenvalue weighted by Gasteiger charge is 2.26. The monoisotopic (exact) mass is 327 g/mol. The summed E-state index contributed by atoms with van der Waals surface area (Å²) >= 11 is 0. The quantitative estimate of drug-likeness (QED) is 0.880. The predicted octanol–water partition coefficient (Wildman–Crippen LogP) is 1.99. The van der Waals surface area contributed by atoms with Gasteiger partial charge in [0.15, 0.2) is 0 Å². The number of rotatable bonds is 6. The van der Waals surface area contributed by atoms with Crippen LogP contribution >= 0.6 is 0 Å². The maximum Gasteiger partial charge on any atom is 0.140 e. The minimum atomic E-state index is 0.331. The zero-order valence-electron chi connectivity index (χ0n) is 15.1. The molecule has 1 fully saturated rings. The van der Waals surface area contributed by atoms with Crippen LogP contribution in [0.2, 0.25) is 0 Å². The zero-order chi connectivity index (χ0) is 16.9. The van der Waals surface area contributed by atoms with Crippen LogP contribution in [0.4, 0.5) is 0 Å². The summed E-state index contributed by atoms with van der Waals surface area (Å²) in [6.07, 6.45) is 2.19. The molecule has 3 rings (SSSR count). The van der Waals surface area contributed by atoms with Crippen molar-refractivity contribution in [3.05, 3.63) is 42.2 Å². The SMILES string of the molecule is CCN1CCN(C(CNC)c2cn(C)c(-c3ccccc3)n2)CC1. The number of nitrogens with zero attached hydrogens (tertiary/aromatic N) is 4. The van der Waals surface area contributed by atoms with Gasteiger partial charge in [-0.15, -0.1) is 0 Å². The van der Waals surface area contributed by atoms with E-state index in [-0.39, 0.29) is 0 Å². The first kappa shape index (κ1) is 17.1. The molecule has 0 aliphatic carbocycles. The number of likely N-dealkylation sites (N-methyl/N-ethyl adjacent to an activating group) is 2. The van der Waals surface area contributed by atoms with E-state index in [4.69, 9.17) is 4.98 Å². The van der Waals surface area contributed by atoms with Gasteiger partial charge >= 0.3 is 0 Å². The highest BCUT2D eigenvalue weighted by molar-refractivity contribution is 5.55. The Balaban J connectivity index is 1.82. The molecule has 0 spiro atoms. The second-order valence-electron chi connectivity index (χ2n) is 6.51. The Morgan fingerprint density at radius 2 is 1.83 bits per heavy atom. The molecule has 0 radical (unpaired) electrons. The fourth-order valence-corrected chi connectivity index (χ4v) is 3.51. The Bertz CT molecular complexity index is 628. The molecule has 2 heterocycles. The number of aryl methyl sites for hydroxylation is 1. The van der Waals surface area contributed by atoms with Gasteiger partial charge in [0.05, 0.1) is 11.7 Å². The number of nitrogens with one attached hydrogen (secondary N) is 1. The molecule has 1 atom stereocenters. The summed E-state index contributed by atoms with van der Waals surface area (Å²) in [4.78, 5) is 10.1. The van der Waals surface area contributed by atoms with Crippen molar-refractivity contribution in [1.82, 2.24) is 24.7 Å². The van der Waals surface area contributed by atoms with Gasteiger partial charge in [0.1, 0.15) is 5.82 Å². The molecule has 1 saturated heterocycles. The molecule has 1 aromatic heterocycles. The largest absolute Gasteiger partial charge is 0.334 e. The number of benzene rings is 1. The lowest BCUT2D eigenvalue weighted by Gasteiger charge is -2.38. The zero-order valence-corrected chi connectivity index (χ0v) is 15.1. The smallest absolute Gasteiger partial charge is 0.140 e. The number of piperazine rings is 1. The third-order valence-corrected chi connectivity index (χ3v) is 4.96. The first-order valence-corrected chi connectivity index (χ1v) is 8.92. The normalized spacial score (nSPS) is 18.0. The Hall–Kier alpha value is -1.69. The minimum absolute atomic E-state index is 0.331. The van der Waals surface area contributed by atoms with Gasteiger partial charge in [-0.25, -0.2) is 4.98 Å². The Morgan fingerprint density at radius 1 is 1.12 bits per heavy atom. The van der Waals surface area contributed by atoms with Gasteiger partial charge < -0.3 is 14.8 Å². The van der Waals surface area contributed by atoms with Crippen molar-refractivity contribution >= 4 is 0 Å². The fraction of sp³-hybridized carbons (Fsp3) is 0.526. The lowest BCUT2D eigenvalue weighted by atomic mass is 10.1. The van der Waals surface area contributed by atoms with Crippen LogP contribution in [0.15, 0.2) is 36.5 Å². The lowest BCUT2D eigenvalue weighted by Crippen LogP contribution is -2.49. The van der Waals surface area contributed by atoms with Gasteiger partial charge in [-0.1, -0.05) is 37.3 Å². The van der Waals surface area contributed by atoms with E-state index in [1.165, 1.54) is 5.56 Å². The van der Waals surface area contributed by atoms with Crippen LogP contribution in [0.1, 0.15) is 18.7 Å². The summed E-state index contributed by atoms with van der Waals surface area (Å²) in [5.41, 5.74) is 2.33. The van der Waals surface area contributed by atoms with Crippen molar-refractivity contribution in [3.63, 3.8) is 0 Å². The van der Waals surface area contributed by atoms with Crippen LogP contribution in [0.3, 0.4) is 0 Å². The van der Waals surface area contributed by atoms with Crippen LogP contribution in [0, 0.1) is 0 Å². The van der Waals surface area contributed by atoms with E-state index in [0.29, 0.717) is 6.04 Å². The van der Waals surface area contributed by atoms with Gasteiger partial charge in [0.2, 0.25) is 0 Å². The molecule has 0 saturated carbocycles. The highest BCUT2D eigenvalue weighted by atomic mass is 15.3. The lowest BCUT2D eigenvalue weighted by molar-refractivity contribution is 0.0975. The molecule has 0 bridgehead atoms. The minimum Gasteiger partial charge on any atom is -0.334 e. The van der Waals surface area contributed by atoms with Gasteiger partial charge in [0, 0.05) is 51.5 Å². The molecule has 130 valence electrons. The van der Waals surface area contributed by atoms with Crippen molar-refractivity contribution in [2.24, 2.45) is 7.05 Å². The molecular formula is C19H29N5. The van der Waals surface area contributed by atoms with E-state index in [1.54, 1.807) is 0 Å². The first-order valence-electron chi connectivity index (χ1n) is 8.92. The molecule has 1 aliphatic heterocycles. The van der Waals surface area contributed by atoms with Crippen molar-refractivity contribution in [2.45, 2.75) is 13.0 Å². The second-order valence-corrected chi connectivity index (χ2v) is 6.51. The van der Waals surface area contributed by atoms with E-state index in [2.05, 4.69) is 64.1 Å². The van der Waals surface area contributed by atoms with Crippen LogP contribution in [0.25, 0.3) is 11.4 Å². The van der Waals surface area contributed by atoms with Crippen LogP contribution < -0.4 is 5.32 Å². The summed E-state index contributed by atoms with van der Waals surface area (Å²) < 4.78 is 2.15. The third-order valence-electron chi connectivity index (χ3n) is 4.96. The van der Waals surface area contributed by atoms with Crippen molar-refractivity contribution < 1.29 is 0 Å². The maximum atomic E-state index is 4.98. The summed E-state index contributed by atoms with van der Waals surface area (Å²) in [7, 11) is 4.11. The summed E-state index contributed by atoms with van der Waals surface area (Å²) in [6.45, 7) is 8.83. The predicted molar refractivity (Wildman–Crippen MR) is 99.0 cm³/mol. The first-order chi connectivity index (χ1) is 11.7. The molecule has 5 heteroatoms. The Labute approximate surface area is 145 Å². The standard InChI is InChI=1S/C19H29N5/c1-4-23-10-12-24(13-11-23)18(14-20-2)17-15-22(3)19(21-17)16-8-6-5-7-9-16/h5-9,15,18,20H,4,10-14H2,1-3H3. The molecule has 1 aliphatic rings. The summed E-state index contributed by atoms with van der Waals surface area (Å²) in [5.74, 6) is 1.04. The molecule has 2 aromatic rings. The van der Waals surface area contributed by atoms with Gasteiger partial charge in [-0.2, -0.15) is 0 Å². The summed E-state index contributed by atoms with van der Waals surface area (Å²) in [5, 5.41) is 3.35. The average Bonchev–Trinajstić information content (AvgIpc) is 3.02. The van der Waals surface area contributed by atoms with Crippen molar-refractivity contribution in [1.29, 1.82) is 0 Å². The van der Waals surface area contributed by atoms with Crippen molar-refractivity contribution in [2.75, 3.05) is 46.3 Å². The molecule has 5 nitrogen and oxygen atoms in total. The Kier molecular flexibility index (Phi) is 5.66. The van der Waals surface area contributed by atoms with Crippen LogP contribution in [-0.4, -0.2) is 65.7 Å². The molecule has 0 amide bonds. The topological polar surface area (TPSA) is 36.3 Å². The second kappa shape index (κ2) is 7.92.